The highest BCUT2D eigenvalue weighted by Crippen LogP contribution is 2.08. The minimum atomic E-state index is -0.810. The number of amides is 3. The van der Waals surface area contributed by atoms with Gasteiger partial charge in [-0.1, -0.05) is 25.0 Å². The van der Waals surface area contributed by atoms with Crippen LogP contribution in [0.1, 0.15) is 78.6 Å². The van der Waals surface area contributed by atoms with E-state index < -0.39 is 17.7 Å². The topological polar surface area (TPSA) is 96.5 Å². The molecule has 0 radical (unpaired) electrons. The molecule has 160 valence electrons. The second-order valence-electron chi connectivity index (χ2n) is 8.21. The molecule has 28 heavy (non-hydrogen) atoms. The Morgan fingerprint density at radius 3 is 2.39 bits per heavy atom. The summed E-state index contributed by atoms with van der Waals surface area (Å²) < 4.78 is 5.20. The van der Waals surface area contributed by atoms with E-state index in [9.17, 15) is 14.4 Å². The molecule has 7 nitrogen and oxygen atoms in total. The lowest BCUT2D eigenvalue weighted by molar-refractivity contribution is -0.129. The molecule has 1 atom stereocenters. The highest BCUT2D eigenvalue weighted by atomic mass is 16.6. The van der Waals surface area contributed by atoms with Crippen molar-refractivity contribution < 1.29 is 19.1 Å². The molecule has 0 fully saturated rings. The van der Waals surface area contributed by atoms with E-state index in [-0.39, 0.29) is 18.4 Å². The first-order chi connectivity index (χ1) is 13.3. The van der Waals surface area contributed by atoms with Crippen molar-refractivity contribution in [2.24, 2.45) is 0 Å². The van der Waals surface area contributed by atoms with Gasteiger partial charge in [0.2, 0.25) is 11.8 Å². The summed E-state index contributed by atoms with van der Waals surface area (Å²) in [6.07, 6.45) is 12.2. The summed E-state index contributed by atoms with van der Waals surface area (Å²) in [5.74, 6) is -0.459. The lowest BCUT2D eigenvalue weighted by Gasteiger charge is -2.22. The third-order valence-electron chi connectivity index (χ3n) is 4.29. The van der Waals surface area contributed by atoms with Crippen LogP contribution in [0.15, 0.2) is 12.2 Å². The zero-order valence-electron chi connectivity index (χ0n) is 17.6. The van der Waals surface area contributed by atoms with Crippen LogP contribution in [0, 0.1) is 0 Å². The number of hydrogen-bond acceptors (Lipinski definition) is 4. The van der Waals surface area contributed by atoms with Crippen LogP contribution in [0.4, 0.5) is 4.79 Å². The van der Waals surface area contributed by atoms with Crippen molar-refractivity contribution in [1.82, 2.24) is 16.0 Å². The summed E-state index contributed by atoms with van der Waals surface area (Å²) in [5, 5.41) is 8.17. The van der Waals surface area contributed by atoms with Gasteiger partial charge in [0.25, 0.3) is 0 Å². The predicted octanol–water partition coefficient (Wildman–Crippen LogP) is 3.19. The zero-order valence-corrected chi connectivity index (χ0v) is 17.6. The monoisotopic (exact) mass is 395 g/mol. The SMILES string of the molecule is CC(C)(C)OC(=O)NC[C@@H]1NC(=O)CCCCCC/C=C\CCCCNC1=O. The molecule has 0 saturated heterocycles. The summed E-state index contributed by atoms with van der Waals surface area (Å²) in [6, 6.07) is -0.810. The van der Waals surface area contributed by atoms with Crippen LogP contribution in [0.5, 0.6) is 0 Å². The number of carbonyl (C=O) groups excluding carboxylic acids is 3. The van der Waals surface area contributed by atoms with Crippen LogP contribution in [-0.4, -0.2) is 42.6 Å². The Morgan fingerprint density at radius 1 is 1.07 bits per heavy atom. The summed E-state index contributed by atoms with van der Waals surface area (Å²) >= 11 is 0. The van der Waals surface area contributed by atoms with Crippen LogP contribution in [-0.2, 0) is 14.3 Å². The third-order valence-corrected chi connectivity index (χ3v) is 4.29. The molecule has 0 aromatic carbocycles. The molecule has 0 unspecified atom stereocenters. The van der Waals surface area contributed by atoms with E-state index in [1.807, 2.05) is 0 Å². The normalized spacial score (nSPS) is 22.3. The van der Waals surface area contributed by atoms with Gasteiger partial charge in [0.05, 0.1) is 6.54 Å². The van der Waals surface area contributed by atoms with Crippen LogP contribution in [0.25, 0.3) is 0 Å². The molecule has 3 N–H and O–H groups in total. The fraction of sp³-hybridized carbons (Fsp3) is 0.762. The summed E-state index contributed by atoms with van der Waals surface area (Å²) in [5.41, 5.74) is -0.622. The Labute approximate surface area is 169 Å². The molecule has 0 aliphatic carbocycles. The van der Waals surface area contributed by atoms with Crippen molar-refractivity contribution in [3.05, 3.63) is 12.2 Å². The number of nitrogens with one attached hydrogen (secondary N) is 3. The second-order valence-corrected chi connectivity index (χ2v) is 8.21. The molecule has 1 aliphatic rings. The fourth-order valence-corrected chi connectivity index (χ4v) is 2.83. The number of hydrogen-bond donors (Lipinski definition) is 3. The van der Waals surface area contributed by atoms with E-state index in [0.29, 0.717) is 13.0 Å². The zero-order chi connectivity index (χ0) is 20.8. The van der Waals surface area contributed by atoms with Gasteiger partial charge in [0, 0.05) is 13.0 Å². The van der Waals surface area contributed by atoms with Gasteiger partial charge >= 0.3 is 6.09 Å². The van der Waals surface area contributed by atoms with Gasteiger partial charge in [-0.05, 0) is 59.3 Å². The second kappa shape index (κ2) is 13.2. The quantitative estimate of drug-likeness (QED) is 0.626. The van der Waals surface area contributed by atoms with E-state index in [4.69, 9.17) is 4.74 Å². The largest absolute Gasteiger partial charge is 0.444 e. The highest BCUT2D eigenvalue weighted by molar-refractivity contribution is 5.88. The van der Waals surface area contributed by atoms with Crippen molar-refractivity contribution in [3.8, 4) is 0 Å². The van der Waals surface area contributed by atoms with Gasteiger partial charge < -0.3 is 20.7 Å². The third kappa shape index (κ3) is 12.4. The van der Waals surface area contributed by atoms with Crippen molar-refractivity contribution in [3.63, 3.8) is 0 Å². The molecule has 3 amide bonds. The minimum Gasteiger partial charge on any atom is -0.444 e. The van der Waals surface area contributed by atoms with Gasteiger partial charge in [-0.25, -0.2) is 4.79 Å². The lowest BCUT2D eigenvalue weighted by atomic mass is 10.1. The van der Waals surface area contributed by atoms with Crippen LogP contribution in [0.3, 0.4) is 0 Å². The minimum absolute atomic E-state index is 0.00474. The van der Waals surface area contributed by atoms with E-state index in [1.165, 1.54) is 0 Å². The first kappa shape index (κ1) is 24.0. The molecule has 1 heterocycles. The number of allylic oxidation sites excluding steroid dienone is 2. The maximum Gasteiger partial charge on any atom is 0.407 e. The first-order valence-corrected chi connectivity index (χ1v) is 10.5. The molecule has 0 spiro atoms. The van der Waals surface area contributed by atoms with Crippen molar-refractivity contribution in [2.75, 3.05) is 13.1 Å². The van der Waals surface area contributed by atoms with Gasteiger partial charge in [0.15, 0.2) is 0 Å². The van der Waals surface area contributed by atoms with Crippen LogP contribution < -0.4 is 16.0 Å². The lowest BCUT2D eigenvalue weighted by Crippen LogP contribution is -2.53. The molecule has 7 heteroatoms. The van der Waals surface area contributed by atoms with E-state index in [1.54, 1.807) is 20.8 Å². The summed E-state index contributed by atoms with van der Waals surface area (Å²) in [4.78, 5) is 36.6. The fourth-order valence-electron chi connectivity index (χ4n) is 2.83. The average molecular weight is 396 g/mol. The molecule has 0 saturated carbocycles. The Balaban J connectivity index is 2.60. The maximum absolute atomic E-state index is 12.5. The Bertz CT molecular complexity index is 526. The molecule has 1 rings (SSSR count). The summed E-state index contributed by atoms with van der Waals surface area (Å²) in [6.45, 7) is 5.85. The van der Waals surface area contributed by atoms with Crippen molar-refractivity contribution in [1.29, 1.82) is 0 Å². The molecular formula is C21H37N3O4. The van der Waals surface area contributed by atoms with E-state index in [0.717, 1.165) is 51.4 Å². The number of rotatable bonds is 2. The smallest absolute Gasteiger partial charge is 0.407 e. The van der Waals surface area contributed by atoms with Gasteiger partial charge in [-0.2, -0.15) is 0 Å². The highest BCUT2D eigenvalue weighted by Gasteiger charge is 2.23. The number of ether oxygens (including phenoxy) is 1. The Hall–Kier alpha value is -2.05. The average Bonchev–Trinajstić information content (AvgIpc) is 2.60. The van der Waals surface area contributed by atoms with Gasteiger partial charge in [-0.15, -0.1) is 0 Å². The Morgan fingerprint density at radius 2 is 1.71 bits per heavy atom. The molecule has 1 aliphatic heterocycles. The standard InChI is InChI=1S/C21H37N3O4/c1-21(2,3)28-20(27)23-16-17-19(26)22-15-13-11-9-7-5-4-6-8-10-12-14-18(25)24-17/h5,7,17H,4,6,8-16H2,1-3H3,(H,22,26)(H,23,27)(H,24,25)/b7-5-/t17-/m0/s1. The predicted molar refractivity (Wildman–Crippen MR) is 110 cm³/mol. The molecule has 0 bridgehead atoms. The van der Waals surface area contributed by atoms with Gasteiger partial charge in [0.1, 0.15) is 11.6 Å². The number of alkyl carbamates (subject to hydrolysis) is 1. The summed E-state index contributed by atoms with van der Waals surface area (Å²) in [7, 11) is 0. The number of carbonyl (C=O) groups is 3. The molecule has 0 aromatic heterocycles. The van der Waals surface area contributed by atoms with Crippen molar-refractivity contribution in [2.45, 2.75) is 90.2 Å². The van der Waals surface area contributed by atoms with E-state index >= 15 is 0 Å². The maximum atomic E-state index is 12.5. The van der Waals surface area contributed by atoms with Gasteiger partial charge in [-0.3, -0.25) is 9.59 Å². The van der Waals surface area contributed by atoms with Crippen molar-refractivity contribution >= 4 is 17.9 Å². The van der Waals surface area contributed by atoms with Crippen LogP contribution >= 0.6 is 0 Å². The van der Waals surface area contributed by atoms with Crippen LogP contribution in [0.2, 0.25) is 0 Å². The van der Waals surface area contributed by atoms with E-state index in [2.05, 4.69) is 28.1 Å². The Kier molecular flexibility index (Phi) is 11.3. The molecular weight excluding hydrogens is 358 g/mol. The first-order valence-electron chi connectivity index (χ1n) is 10.5. The molecule has 0 aromatic rings.